The van der Waals surface area contributed by atoms with E-state index in [0.717, 1.165) is 11.3 Å². The Morgan fingerprint density at radius 3 is 2.81 bits per heavy atom. The fraction of sp³-hybridized carbons (Fsp3) is 0.278. The van der Waals surface area contributed by atoms with Crippen LogP contribution in [0.4, 0.5) is 0 Å². The van der Waals surface area contributed by atoms with Crippen molar-refractivity contribution >= 4 is 23.6 Å². The van der Waals surface area contributed by atoms with Gasteiger partial charge >= 0.3 is 0 Å². The van der Waals surface area contributed by atoms with Crippen molar-refractivity contribution in [1.29, 1.82) is 0 Å². The Morgan fingerprint density at radius 1 is 1.35 bits per heavy atom. The number of benzene rings is 1. The molecule has 1 aliphatic rings. The summed E-state index contributed by atoms with van der Waals surface area (Å²) in [7, 11) is 1.49. The van der Waals surface area contributed by atoms with E-state index in [1.54, 1.807) is 40.9 Å². The van der Waals surface area contributed by atoms with Crippen LogP contribution in [-0.4, -0.2) is 52.8 Å². The van der Waals surface area contributed by atoms with Crippen molar-refractivity contribution in [1.82, 2.24) is 15.2 Å². The number of hydrogen-bond acceptors (Lipinski definition) is 6. The predicted octanol–water partition coefficient (Wildman–Crippen LogP) is 1.80. The van der Waals surface area contributed by atoms with Gasteiger partial charge in [-0.15, -0.1) is 11.8 Å². The first-order chi connectivity index (χ1) is 12.6. The summed E-state index contributed by atoms with van der Waals surface area (Å²) in [4.78, 5) is 30.2. The molecule has 1 atom stereocenters. The Kier molecular flexibility index (Phi) is 5.62. The minimum Gasteiger partial charge on any atom is -0.504 e. The highest BCUT2D eigenvalue weighted by Gasteiger charge is 2.31. The zero-order valence-electron chi connectivity index (χ0n) is 14.2. The maximum Gasteiger partial charge on any atom is 0.251 e. The molecule has 26 heavy (non-hydrogen) atoms. The molecule has 8 heteroatoms. The minimum absolute atomic E-state index is 0.0379. The van der Waals surface area contributed by atoms with Crippen molar-refractivity contribution < 1.29 is 19.4 Å². The van der Waals surface area contributed by atoms with Crippen LogP contribution in [0.3, 0.4) is 0 Å². The van der Waals surface area contributed by atoms with Gasteiger partial charge in [-0.05, 0) is 29.8 Å². The molecular formula is C18H19N3O4S. The highest BCUT2D eigenvalue weighted by Crippen LogP contribution is 2.40. The summed E-state index contributed by atoms with van der Waals surface area (Å²) in [6.07, 6.45) is 3.06. The Balaban J connectivity index is 1.65. The number of pyridine rings is 1. The van der Waals surface area contributed by atoms with Crippen LogP contribution >= 0.6 is 11.8 Å². The number of phenols is 1. The van der Waals surface area contributed by atoms with E-state index in [4.69, 9.17) is 4.74 Å². The second kappa shape index (κ2) is 8.09. The molecule has 1 fully saturated rings. The van der Waals surface area contributed by atoms with Crippen LogP contribution in [0.15, 0.2) is 42.7 Å². The van der Waals surface area contributed by atoms with Crippen molar-refractivity contribution in [3.63, 3.8) is 0 Å². The highest BCUT2D eigenvalue weighted by molar-refractivity contribution is 7.99. The minimum atomic E-state index is -0.314. The number of amides is 2. The molecule has 0 spiro atoms. The van der Waals surface area contributed by atoms with E-state index in [2.05, 4.69) is 10.3 Å². The molecule has 2 N–H and O–H groups in total. The van der Waals surface area contributed by atoms with Gasteiger partial charge in [0.05, 0.1) is 13.7 Å². The fourth-order valence-electron chi connectivity index (χ4n) is 2.72. The first kappa shape index (κ1) is 18.1. The lowest BCUT2D eigenvalue weighted by molar-refractivity contribution is -0.130. The van der Waals surface area contributed by atoms with Gasteiger partial charge in [-0.2, -0.15) is 0 Å². The van der Waals surface area contributed by atoms with Gasteiger partial charge in [0.2, 0.25) is 5.91 Å². The van der Waals surface area contributed by atoms with Gasteiger partial charge in [0.1, 0.15) is 5.37 Å². The van der Waals surface area contributed by atoms with Crippen molar-refractivity contribution in [2.45, 2.75) is 5.37 Å². The smallest absolute Gasteiger partial charge is 0.251 e. The van der Waals surface area contributed by atoms with Gasteiger partial charge < -0.3 is 20.1 Å². The van der Waals surface area contributed by atoms with Crippen LogP contribution in [0.25, 0.3) is 0 Å². The molecule has 3 rings (SSSR count). The zero-order chi connectivity index (χ0) is 18.5. The van der Waals surface area contributed by atoms with Gasteiger partial charge in [0.25, 0.3) is 5.91 Å². The number of aromatic nitrogens is 1. The molecule has 2 amide bonds. The molecule has 2 aromatic rings. The van der Waals surface area contributed by atoms with Crippen LogP contribution in [0.5, 0.6) is 11.5 Å². The summed E-state index contributed by atoms with van der Waals surface area (Å²) in [5.74, 6) is 0.737. The molecule has 1 aromatic carbocycles. The van der Waals surface area contributed by atoms with Crippen molar-refractivity contribution in [3.05, 3.63) is 53.9 Å². The largest absolute Gasteiger partial charge is 0.504 e. The van der Waals surface area contributed by atoms with Gasteiger partial charge in [-0.25, -0.2) is 0 Å². The number of nitrogens with one attached hydrogen (secondary N) is 1. The molecule has 1 aliphatic heterocycles. The summed E-state index contributed by atoms with van der Waals surface area (Å²) in [5, 5.41) is 12.4. The van der Waals surface area contributed by atoms with E-state index in [0.29, 0.717) is 17.9 Å². The van der Waals surface area contributed by atoms with Crippen molar-refractivity contribution in [2.24, 2.45) is 0 Å². The fourth-order valence-corrected chi connectivity index (χ4v) is 3.99. The molecule has 1 aromatic heterocycles. The SMILES string of the molecule is COc1ccc(C2SCCN2C(=O)CNC(=O)c2ccncc2)cc1O. The van der Waals surface area contributed by atoms with E-state index in [-0.39, 0.29) is 29.5 Å². The molecule has 2 heterocycles. The molecule has 0 bridgehead atoms. The number of aromatic hydroxyl groups is 1. The van der Waals surface area contributed by atoms with Crippen molar-refractivity contribution in [3.8, 4) is 11.5 Å². The molecule has 0 aliphatic carbocycles. The maximum absolute atomic E-state index is 12.6. The molecule has 136 valence electrons. The number of rotatable bonds is 5. The number of hydrogen-bond donors (Lipinski definition) is 2. The quantitative estimate of drug-likeness (QED) is 0.830. The van der Waals surface area contributed by atoms with E-state index < -0.39 is 0 Å². The van der Waals surface area contributed by atoms with Crippen LogP contribution < -0.4 is 10.1 Å². The molecule has 0 radical (unpaired) electrons. The number of carbonyl (C=O) groups excluding carboxylic acids is 2. The molecule has 1 saturated heterocycles. The second-order valence-electron chi connectivity index (χ2n) is 5.66. The van der Waals surface area contributed by atoms with Crippen LogP contribution in [0, 0.1) is 0 Å². The van der Waals surface area contributed by atoms with Crippen LogP contribution in [-0.2, 0) is 4.79 Å². The third-order valence-electron chi connectivity index (χ3n) is 4.04. The van der Waals surface area contributed by atoms with Gasteiger partial charge in [-0.1, -0.05) is 6.07 Å². The number of ether oxygens (including phenoxy) is 1. The third kappa shape index (κ3) is 3.91. The summed E-state index contributed by atoms with van der Waals surface area (Å²) in [6, 6.07) is 8.30. The van der Waals surface area contributed by atoms with Gasteiger partial charge in [0.15, 0.2) is 11.5 Å². The average molecular weight is 373 g/mol. The lowest BCUT2D eigenvalue weighted by atomic mass is 10.2. The lowest BCUT2D eigenvalue weighted by Crippen LogP contribution is -2.39. The summed E-state index contributed by atoms with van der Waals surface area (Å²) in [5.41, 5.74) is 1.28. The molecule has 0 saturated carbocycles. The van der Waals surface area contributed by atoms with E-state index >= 15 is 0 Å². The third-order valence-corrected chi connectivity index (χ3v) is 5.30. The Bertz CT molecular complexity index is 800. The van der Waals surface area contributed by atoms with Crippen molar-refractivity contribution in [2.75, 3.05) is 26.0 Å². The number of thioether (sulfide) groups is 1. The Morgan fingerprint density at radius 2 is 2.12 bits per heavy atom. The lowest BCUT2D eigenvalue weighted by Gasteiger charge is -2.24. The number of nitrogens with zero attached hydrogens (tertiary/aromatic N) is 2. The Labute approximate surface area is 155 Å². The Hall–Kier alpha value is -2.74. The van der Waals surface area contributed by atoms with Gasteiger partial charge in [-0.3, -0.25) is 14.6 Å². The zero-order valence-corrected chi connectivity index (χ0v) is 15.0. The van der Waals surface area contributed by atoms with Crippen LogP contribution in [0.2, 0.25) is 0 Å². The normalized spacial score (nSPS) is 16.3. The number of methoxy groups -OCH3 is 1. The van der Waals surface area contributed by atoms with Gasteiger partial charge in [0, 0.05) is 30.3 Å². The van der Waals surface area contributed by atoms with E-state index in [1.165, 1.54) is 19.5 Å². The van der Waals surface area contributed by atoms with E-state index in [1.807, 2.05) is 6.07 Å². The first-order valence-corrected chi connectivity index (χ1v) is 9.11. The summed E-state index contributed by atoms with van der Waals surface area (Å²) < 4.78 is 5.05. The molecule has 7 nitrogen and oxygen atoms in total. The number of carbonyl (C=O) groups is 2. The highest BCUT2D eigenvalue weighted by atomic mass is 32.2. The average Bonchev–Trinajstić information content (AvgIpc) is 3.16. The number of phenolic OH excluding ortho intramolecular Hbond substituents is 1. The maximum atomic E-state index is 12.6. The predicted molar refractivity (Wildman–Crippen MR) is 98.1 cm³/mol. The first-order valence-electron chi connectivity index (χ1n) is 8.06. The summed E-state index contributed by atoms with van der Waals surface area (Å²) >= 11 is 1.62. The second-order valence-corrected chi connectivity index (χ2v) is 6.85. The standard InChI is InChI=1S/C18H19N3O4S/c1-25-15-3-2-13(10-14(15)22)18-21(8-9-26-18)16(23)11-20-17(24)12-4-6-19-7-5-12/h2-7,10,18,22H,8-9,11H2,1H3,(H,20,24). The van der Waals surface area contributed by atoms with E-state index in [9.17, 15) is 14.7 Å². The topological polar surface area (TPSA) is 91.8 Å². The monoisotopic (exact) mass is 373 g/mol. The molecular weight excluding hydrogens is 354 g/mol. The summed E-state index contributed by atoms with van der Waals surface area (Å²) in [6.45, 7) is 0.506. The molecule has 1 unspecified atom stereocenters. The van der Waals surface area contributed by atoms with Crippen LogP contribution in [0.1, 0.15) is 21.3 Å².